The molecule has 8 heteroatoms. The Morgan fingerprint density at radius 1 is 1.43 bits per heavy atom. The average Bonchev–Trinajstić information content (AvgIpc) is 3.19. The Hall–Kier alpha value is -2.58. The van der Waals surface area contributed by atoms with E-state index in [1.807, 2.05) is 6.07 Å². The van der Waals surface area contributed by atoms with Crippen molar-refractivity contribution in [3.05, 3.63) is 52.9 Å². The Morgan fingerprint density at radius 3 is 2.95 bits per heavy atom. The molecule has 0 aliphatic heterocycles. The molecule has 0 saturated carbocycles. The van der Waals surface area contributed by atoms with Gasteiger partial charge in [-0.3, -0.25) is 4.79 Å². The Morgan fingerprint density at radius 2 is 2.33 bits per heavy atom. The first-order valence-electron chi connectivity index (χ1n) is 6.18. The van der Waals surface area contributed by atoms with Crippen molar-refractivity contribution < 1.29 is 4.79 Å². The molecule has 0 spiro atoms. The van der Waals surface area contributed by atoms with E-state index in [1.165, 1.54) is 11.3 Å². The molecule has 3 aromatic heterocycles. The van der Waals surface area contributed by atoms with Gasteiger partial charge in [0, 0.05) is 24.3 Å². The van der Waals surface area contributed by atoms with Crippen molar-refractivity contribution in [1.29, 1.82) is 0 Å². The van der Waals surface area contributed by atoms with E-state index in [-0.39, 0.29) is 5.91 Å². The number of amides is 1. The minimum absolute atomic E-state index is 0.278. The molecule has 0 atom stereocenters. The van der Waals surface area contributed by atoms with Crippen LogP contribution in [0.1, 0.15) is 15.5 Å². The van der Waals surface area contributed by atoms with Crippen molar-refractivity contribution >= 4 is 22.9 Å². The third kappa shape index (κ3) is 2.96. The zero-order valence-electron chi connectivity index (χ0n) is 10.9. The van der Waals surface area contributed by atoms with Gasteiger partial charge < -0.3 is 11.1 Å². The van der Waals surface area contributed by atoms with Crippen LogP contribution in [0.25, 0.3) is 5.82 Å². The number of aromatic nitrogens is 4. The molecule has 0 fully saturated rings. The molecule has 106 valence electrons. The highest BCUT2D eigenvalue weighted by Crippen LogP contribution is 2.13. The number of carbonyl (C=O) groups excluding carboxylic acids is 1. The van der Waals surface area contributed by atoms with E-state index in [9.17, 15) is 4.79 Å². The number of nitrogens with two attached hydrogens (primary N) is 1. The summed E-state index contributed by atoms with van der Waals surface area (Å²) in [7, 11) is 0. The maximum atomic E-state index is 12.0. The first kappa shape index (κ1) is 13.4. The maximum Gasteiger partial charge on any atom is 0.275 e. The van der Waals surface area contributed by atoms with Crippen LogP contribution in [0.2, 0.25) is 0 Å². The minimum atomic E-state index is -0.278. The van der Waals surface area contributed by atoms with Crippen molar-refractivity contribution in [2.24, 2.45) is 5.73 Å². The number of nitrogens with zero attached hydrogens (tertiary/aromatic N) is 4. The van der Waals surface area contributed by atoms with Gasteiger partial charge in [-0.25, -0.2) is 14.6 Å². The molecule has 0 aliphatic carbocycles. The molecule has 3 rings (SSSR count). The van der Waals surface area contributed by atoms with Crippen molar-refractivity contribution in [1.82, 2.24) is 19.7 Å². The van der Waals surface area contributed by atoms with Gasteiger partial charge in [0.1, 0.15) is 10.7 Å². The molecule has 3 heterocycles. The third-order valence-electron chi connectivity index (χ3n) is 2.70. The molecule has 7 nitrogen and oxygen atoms in total. The van der Waals surface area contributed by atoms with Crippen LogP contribution in [0.15, 0.2) is 42.2 Å². The molecule has 0 aliphatic rings. The monoisotopic (exact) mass is 300 g/mol. The molecule has 0 saturated heterocycles. The van der Waals surface area contributed by atoms with Crippen LogP contribution in [-0.4, -0.2) is 25.7 Å². The van der Waals surface area contributed by atoms with Crippen LogP contribution < -0.4 is 11.1 Å². The summed E-state index contributed by atoms with van der Waals surface area (Å²) in [5.74, 6) is 0.400. The Bertz CT molecular complexity index is 734. The van der Waals surface area contributed by atoms with Crippen molar-refractivity contribution in [3.63, 3.8) is 0 Å². The molecule has 0 bridgehead atoms. The summed E-state index contributed by atoms with van der Waals surface area (Å²) in [5, 5.41) is 9.24. The lowest BCUT2D eigenvalue weighted by Gasteiger charge is -2.04. The van der Waals surface area contributed by atoms with Gasteiger partial charge in [0.15, 0.2) is 5.82 Å². The fraction of sp³-hybridized carbons (Fsp3) is 0.0769. The van der Waals surface area contributed by atoms with E-state index in [1.54, 1.807) is 40.8 Å². The van der Waals surface area contributed by atoms with Crippen LogP contribution in [0.4, 0.5) is 5.69 Å². The second-order valence-corrected chi connectivity index (χ2v) is 5.08. The molecule has 1 amide bonds. The van der Waals surface area contributed by atoms with E-state index in [2.05, 4.69) is 20.4 Å². The average molecular weight is 300 g/mol. The van der Waals surface area contributed by atoms with Crippen LogP contribution in [0.5, 0.6) is 0 Å². The lowest BCUT2D eigenvalue weighted by atomic mass is 10.3. The molecule has 3 N–H and O–H groups in total. The number of hydrogen-bond acceptors (Lipinski definition) is 6. The van der Waals surface area contributed by atoms with E-state index in [4.69, 9.17) is 5.73 Å². The summed E-state index contributed by atoms with van der Waals surface area (Å²) >= 11 is 1.36. The highest BCUT2D eigenvalue weighted by Gasteiger charge is 2.10. The lowest BCUT2D eigenvalue weighted by molar-refractivity contribution is 0.102. The number of pyridine rings is 1. The van der Waals surface area contributed by atoms with Gasteiger partial charge in [0.25, 0.3) is 5.91 Å². The highest BCUT2D eigenvalue weighted by molar-refractivity contribution is 7.09. The van der Waals surface area contributed by atoms with E-state index in [0.29, 0.717) is 23.7 Å². The topological polar surface area (TPSA) is 98.7 Å². The van der Waals surface area contributed by atoms with Crippen molar-refractivity contribution in [2.75, 3.05) is 5.32 Å². The third-order valence-corrected chi connectivity index (χ3v) is 3.58. The Balaban J connectivity index is 1.71. The lowest BCUT2D eigenvalue weighted by Crippen LogP contribution is -2.13. The minimum Gasteiger partial charge on any atom is -0.325 e. The van der Waals surface area contributed by atoms with E-state index < -0.39 is 0 Å². The number of anilines is 1. The van der Waals surface area contributed by atoms with Gasteiger partial charge in [0.05, 0.1) is 11.9 Å². The zero-order chi connectivity index (χ0) is 14.7. The van der Waals surface area contributed by atoms with E-state index in [0.717, 1.165) is 5.01 Å². The summed E-state index contributed by atoms with van der Waals surface area (Å²) in [6.07, 6.45) is 5.05. The van der Waals surface area contributed by atoms with E-state index >= 15 is 0 Å². The number of carbonyl (C=O) groups is 1. The second-order valence-electron chi connectivity index (χ2n) is 4.14. The summed E-state index contributed by atoms with van der Waals surface area (Å²) in [4.78, 5) is 20.4. The second kappa shape index (κ2) is 5.81. The Labute approximate surface area is 124 Å². The molecular weight excluding hydrogens is 288 g/mol. The number of hydrogen-bond donors (Lipinski definition) is 2. The summed E-state index contributed by atoms with van der Waals surface area (Å²) in [5.41, 5.74) is 6.43. The van der Waals surface area contributed by atoms with Gasteiger partial charge in [-0.2, -0.15) is 5.10 Å². The molecular formula is C13H12N6OS. The summed E-state index contributed by atoms with van der Waals surface area (Å²) < 4.78 is 1.64. The molecule has 0 unspecified atom stereocenters. The number of thiazole rings is 1. The van der Waals surface area contributed by atoms with Gasteiger partial charge in [-0.05, 0) is 18.2 Å². The largest absolute Gasteiger partial charge is 0.325 e. The van der Waals surface area contributed by atoms with Crippen LogP contribution in [0, 0.1) is 0 Å². The maximum absolute atomic E-state index is 12.0. The normalized spacial score (nSPS) is 10.5. The van der Waals surface area contributed by atoms with Crippen LogP contribution >= 0.6 is 11.3 Å². The summed E-state index contributed by atoms with van der Waals surface area (Å²) in [6.45, 7) is 0.331. The van der Waals surface area contributed by atoms with Gasteiger partial charge in [-0.15, -0.1) is 11.3 Å². The predicted molar refractivity (Wildman–Crippen MR) is 79.3 cm³/mol. The molecule has 21 heavy (non-hydrogen) atoms. The standard InChI is InChI=1S/C13H12N6OS/c14-6-12-18-10(8-21-12)13(20)17-9-2-3-11(15-7-9)19-5-1-4-16-19/h1-5,7-8H,6,14H2,(H,17,20). The van der Waals surface area contributed by atoms with Gasteiger partial charge in [-0.1, -0.05) is 0 Å². The summed E-state index contributed by atoms with van der Waals surface area (Å²) in [6, 6.07) is 5.35. The first-order chi connectivity index (χ1) is 10.3. The first-order valence-corrected chi connectivity index (χ1v) is 7.06. The zero-order valence-corrected chi connectivity index (χ0v) is 11.7. The molecule has 0 aromatic carbocycles. The predicted octanol–water partition coefficient (Wildman–Crippen LogP) is 1.43. The Kier molecular flexibility index (Phi) is 3.71. The van der Waals surface area contributed by atoms with Gasteiger partial charge in [0.2, 0.25) is 0 Å². The SMILES string of the molecule is NCc1nc(C(=O)Nc2ccc(-n3cccn3)nc2)cs1. The van der Waals surface area contributed by atoms with Crippen LogP contribution in [0.3, 0.4) is 0 Å². The highest BCUT2D eigenvalue weighted by atomic mass is 32.1. The molecule has 3 aromatic rings. The van der Waals surface area contributed by atoms with Gasteiger partial charge >= 0.3 is 0 Å². The van der Waals surface area contributed by atoms with Crippen molar-refractivity contribution in [3.8, 4) is 5.82 Å². The number of nitrogens with one attached hydrogen (secondary N) is 1. The fourth-order valence-corrected chi connectivity index (χ4v) is 2.36. The fourth-order valence-electron chi connectivity index (χ4n) is 1.70. The number of rotatable bonds is 4. The smallest absolute Gasteiger partial charge is 0.275 e. The molecule has 0 radical (unpaired) electrons. The quantitative estimate of drug-likeness (QED) is 0.759. The van der Waals surface area contributed by atoms with Crippen molar-refractivity contribution in [2.45, 2.75) is 6.54 Å². The van der Waals surface area contributed by atoms with Crippen LogP contribution in [-0.2, 0) is 6.54 Å².